The van der Waals surface area contributed by atoms with E-state index >= 15 is 0 Å². The van der Waals surface area contributed by atoms with Gasteiger partial charge in [-0.1, -0.05) is 0 Å². The lowest BCUT2D eigenvalue weighted by Gasteiger charge is -1.91. The molecule has 0 heterocycles. The van der Waals surface area contributed by atoms with Gasteiger partial charge in [0, 0.05) is 13.1 Å². The van der Waals surface area contributed by atoms with E-state index < -0.39 is 0 Å². The summed E-state index contributed by atoms with van der Waals surface area (Å²) >= 11 is 0. The first-order valence-electron chi connectivity index (χ1n) is 3.32. The lowest BCUT2D eigenvalue weighted by molar-refractivity contribution is 0.203. The maximum Gasteiger partial charge on any atom is 0.0634 e. The number of likely N-dealkylation sites (N-methyl/N-ethyl adjacent to an activating group) is 1. The van der Waals surface area contributed by atoms with Crippen LogP contribution in [0.25, 0.3) is 0 Å². The zero-order chi connectivity index (χ0) is 8.41. The Morgan fingerprint density at radius 1 is 1.60 bits per heavy atom. The summed E-state index contributed by atoms with van der Waals surface area (Å²) in [7, 11) is 1.80. The van der Waals surface area contributed by atoms with E-state index in [0.717, 1.165) is 0 Å². The number of rotatable bonds is 3. The quantitative estimate of drug-likeness (QED) is 0.396. The normalized spacial score (nSPS) is 11.7. The number of nitrogens with one attached hydrogen (secondary N) is 1. The second-order valence-corrected chi connectivity index (χ2v) is 1.91. The molecule has 0 rings (SSSR count). The van der Waals surface area contributed by atoms with E-state index in [2.05, 4.69) is 5.32 Å². The van der Waals surface area contributed by atoms with Gasteiger partial charge in [-0.2, -0.15) is 0 Å². The van der Waals surface area contributed by atoms with Crippen molar-refractivity contribution in [2.45, 2.75) is 13.0 Å². The number of hydrogen-bond acceptors (Lipinski definition) is 4. The first-order valence-corrected chi connectivity index (χ1v) is 3.32. The molecule has 1 atom stereocenters. The number of aliphatic hydroxyl groups is 2. The van der Waals surface area contributed by atoms with Crippen LogP contribution in [-0.4, -0.2) is 43.1 Å². The molecule has 5 N–H and O–H groups in total. The van der Waals surface area contributed by atoms with Gasteiger partial charge in [0.15, 0.2) is 0 Å². The van der Waals surface area contributed by atoms with Crippen LogP contribution in [0.15, 0.2) is 0 Å². The Bertz CT molecular complexity index is 49.0. The molecule has 0 aliphatic heterocycles. The molecule has 0 amide bonds. The smallest absolute Gasteiger partial charge is 0.0634 e. The molecule has 0 aliphatic rings. The summed E-state index contributed by atoms with van der Waals surface area (Å²) in [5, 5.41) is 19.0. The Balaban J connectivity index is 0. The zero-order valence-corrected chi connectivity index (χ0v) is 6.67. The molecule has 64 valence electrons. The summed E-state index contributed by atoms with van der Waals surface area (Å²) in [4.78, 5) is 0. The minimum absolute atomic E-state index is 0.233. The van der Waals surface area contributed by atoms with Crippen LogP contribution in [0.4, 0.5) is 0 Å². The third-order valence-electron chi connectivity index (χ3n) is 0.703. The van der Waals surface area contributed by atoms with Crippen molar-refractivity contribution in [3.63, 3.8) is 0 Å². The predicted octanol–water partition coefficient (Wildman–Crippen LogP) is -1.48. The van der Waals surface area contributed by atoms with Crippen molar-refractivity contribution in [2.24, 2.45) is 5.73 Å². The van der Waals surface area contributed by atoms with E-state index in [1.807, 2.05) is 0 Å². The van der Waals surface area contributed by atoms with Gasteiger partial charge in [-0.3, -0.25) is 0 Å². The fraction of sp³-hybridized carbons (Fsp3) is 1.00. The molecule has 4 heteroatoms. The summed E-state index contributed by atoms with van der Waals surface area (Å²) in [6.45, 7) is 2.94. The highest BCUT2D eigenvalue weighted by atomic mass is 16.3. The van der Waals surface area contributed by atoms with E-state index in [9.17, 15) is 0 Å². The van der Waals surface area contributed by atoms with Gasteiger partial charge < -0.3 is 21.3 Å². The number of nitrogens with two attached hydrogens (primary N) is 1. The molecule has 0 fully saturated rings. The highest BCUT2D eigenvalue weighted by molar-refractivity contribution is 4.40. The van der Waals surface area contributed by atoms with Crippen LogP contribution in [0.3, 0.4) is 0 Å². The van der Waals surface area contributed by atoms with Crippen LogP contribution < -0.4 is 11.1 Å². The van der Waals surface area contributed by atoms with Gasteiger partial charge in [0.05, 0.1) is 12.7 Å². The Hall–Kier alpha value is -0.160. The maximum absolute atomic E-state index is 8.24. The zero-order valence-electron chi connectivity index (χ0n) is 6.67. The third kappa shape index (κ3) is 24.9. The van der Waals surface area contributed by atoms with Crippen LogP contribution in [0.2, 0.25) is 0 Å². The Morgan fingerprint density at radius 3 is 2.00 bits per heavy atom. The molecule has 0 saturated heterocycles. The fourth-order valence-electron chi connectivity index (χ4n) is 0.112. The molecule has 0 radical (unpaired) electrons. The Kier molecular flexibility index (Phi) is 14.5. The van der Waals surface area contributed by atoms with Crippen LogP contribution in [0, 0.1) is 0 Å². The van der Waals surface area contributed by atoms with Crippen molar-refractivity contribution in [1.82, 2.24) is 5.32 Å². The van der Waals surface area contributed by atoms with Crippen molar-refractivity contribution < 1.29 is 10.2 Å². The highest BCUT2D eigenvalue weighted by Crippen LogP contribution is 1.65. The summed E-state index contributed by atoms with van der Waals surface area (Å²) in [5.41, 5.74) is 4.92. The van der Waals surface area contributed by atoms with Crippen LogP contribution in [0.1, 0.15) is 6.92 Å². The summed E-state index contributed by atoms with van der Waals surface area (Å²) in [6, 6.07) is 0. The van der Waals surface area contributed by atoms with Crippen LogP contribution >= 0.6 is 0 Å². The molecule has 10 heavy (non-hydrogen) atoms. The van der Waals surface area contributed by atoms with Gasteiger partial charge in [0.1, 0.15) is 0 Å². The standard InChI is InChI=1S/2C3H9NO/c1-4-2-3-5;1-3(5)2-4/h4-5H,2-3H2,1H3;3,5H,2,4H2,1H3. The molecule has 0 bridgehead atoms. The molecule has 4 nitrogen and oxygen atoms in total. The van der Waals surface area contributed by atoms with Crippen molar-refractivity contribution in [3.8, 4) is 0 Å². The van der Waals surface area contributed by atoms with E-state index in [-0.39, 0.29) is 12.7 Å². The maximum atomic E-state index is 8.24. The lowest BCUT2D eigenvalue weighted by Crippen LogP contribution is -2.14. The summed E-state index contributed by atoms with van der Waals surface area (Å²) in [5.74, 6) is 0. The monoisotopic (exact) mass is 150 g/mol. The van der Waals surface area contributed by atoms with Gasteiger partial charge in [0.2, 0.25) is 0 Å². The largest absolute Gasteiger partial charge is 0.395 e. The fourth-order valence-corrected chi connectivity index (χ4v) is 0.112. The second-order valence-electron chi connectivity index (χ2n) is 1.91. The number of hydrogen-bond donors (Lipinski definition) is 4. The van der Waals surface area contributed by atoms with Gasteiger partial charge in [-0.25, -0.2) is 0 Å². The lowest BCUT2D eigenvalue weighted by atomic mass is 10.4. The SMILES string of the molecule is CC(O)CN.CNCCO. The minimum Gasteiger partial charge on any atom is -0.395 e. The van der Waals surface area contributed by atoms with E-state index in [0.29, 0.717) is 13.1 Å². The van der Waals surface area contributed by atoms with Gasteiger partial charge >= 0.3 is 0 Å². The van der Waals surface area contributed by atoms with Crippen LogP contribution in [0.5, 0.6) is 0 Å². The highest BCUT2D eigenvalue weighted by Gasteiger charge is 1.81. The second kappa shape index (κ2) is 11.6. The van der Waals surface area contributed by atoms with E-state index in [1.165, 1.54) is 0 Å². The average Bonchev–Trinajstić information content (AvgIpc) is 1.91. The van der Waals surface area contributed by atoms with Gasteiger partial charge in [-0.05, 0) is 14.0 Å². The predicted molar refractivity (Wildman–Crippen MR) is 41.7 cm³/mol. The van der Waals surface area contributed by atoms with Crippen molar-refractivity contribution >= 4 is 0 Å². The molecular formula is C6H18N2O2. The van der Waals surface area contributed by atoms with E-state index in [4.69, 9.17) is 15.9 Å². The van der Waals surface area contributed by atoms with E-state index in [1.54, 1.807) is 14.0 Å². The number of aliphatic hydroxyl groups excluding tert-OH is 2. The molecule has 0 aromatic carbocycles. The minimum atomic E-state index is -0.338. The average molecular weight is 150 g/mol. The van der Waals surface area contributed by atoms with Gasteiger partial charge in [0.25, 0.3) is 0 Å². The topological polar surface area (TPSA) is 78.5 Å². The summed E-state index contributed by atoms with van der Waals surface area (Å²) < 4.78 is 0. The first kappa shape index (κ1) is 12.5. The van der Waals surface area contributed by atoms with Gasteiger partial charge in [-0.15, -0.1) is 0 Å². The third-order valence-corrected chi connectivity index (χ3v) is 0.703. The molecule has 0 aromatic rings. The summed E-state index contributed by atoms with van der Waals surface area (Å²) in [6.07, 6.45) is -0.338. The van der Waals surface area contributed by atoms with Crippen LogP contribution in [-0.2, 0) is 0 Å². The molecule has 0 aromatic heterocycles. The Labute approximate surface area is 62.0 Å². The van der Waals surface area contributed by atoms with Crippen molar-refractivity contribution in [2.75, 3.05) is 26.7 Å². The molecule has 0 spiro atoms. The molecule has 0 aliphatic carbocycles. The molecular weight excluding hydrogens is 132 g/mol. The van der Waals surface area contributed by atoms with Crippen molar-refractivity contribution in [3.05, 3.63) is 0 Å². The van der Waals surface area contributed by atoms with Crippen molar-refractivity contribution in [1.29, 1.82) is 0 Å². The Morgan fingerprint density at radius 2 is 2.00 bits per heavy atom. The molecule has 1 unspecified atom stereocenters. The first-order chi connectivity index (χ1) is 4.68. The molecule has 0 saturated carbocycles.